The van der Waals surface area contributed by atoms with E-state index < -0.39 is 0 Å². The first-order chi connectivity index (χ1) is 9.24. The number of methoxy groups -OCH3 is 1. The molecule has 0 N–H and O–H groups in total. The topological polar surface area (TPSA) is 51.7 Å². The summed E-state index contributed by atoms with van der Waals surface area (Å²) in [5.74, 6) is -0.377. The summed E-state index contributed by atoms with van der Waals surface area (Å²) in [6.07, 6.45) is 3.52. The molecular weight excluding hydrogens is 264 g/mol. The molecule has 5 nitrogen and oxygen atoms in total. The Balaban J connectivity index is 1.97. The number of aromatic nitrogens is 1. The average Bonchev–Trinajstić information content (AvgIpc) is 2.94. The van der Waals surface area contributed by atoms with Crippen molar-refractivity contribution in [2.75, 3.05) is 31.7 Å². The molecule has 0 bridgehead atoms. The lowest BCUT2D eigenvalue weighted by Crippen LogP contribution is -2.39. The minimum Gasteiger partial charge on any atom is -0.464 e. The average molecular weight is 284 g/mol. The fraction of sp³-hybridized carbons (Fsp3) is 0.692. The van der Waals surface area contributed by atoms with Gasteiger partial charge >= 0.3 is 5.97 Å². The van der Waals surface area contributed by atoms with Gasteiger partial charge in [-0.1, -0.05) is 6.92 Å². The Morgan fingerprint density at radius 2 is 2.47 bits per heavy atom. The van der Waals surface area contributed by atoms with Gasteiger partial charge in [0.05, 0.1) is 13.2 Å². The van der Waals surface area contributed by atoms with Crippen molar-refractivity contribution in [3.8, 4) is 0 Å². The van der Waals surface area contributed by atoms with Crippen LogP contribution in [-0.2, 0) is 9.47 Å². The zero-order chi connectivity index (χ0) is 13.7. The van der Waals surface area contributed by atoms with E-state index in [2.05, 4.69) is 21.5 Å². The highest BCUT2D eigenvalue weighted by Crippen LogP contribution is 2.25. The van der Waals surface area contributed by atoms with E-state index in [1.807, 2.05) is 0 Å². The minimum absolute atomic E-state index is 0.277. The minimum atomic E-state index is -0.377. The highest BCUT2D eigenvalue weighted by atomic mass is 32.1. The van der Waals surface area contributed by atoms with Gasteiger partial charge in [0.15, 0.2) is 10.8 Å². The van der Waals surface area contributed by atoms with Gasteiger partial charge in [0.25, 0.3) is 0 Å². The van der Waals surface area contributed by atoms with Gasteiger partial charge in [0.1, 0.15) is 0 Å². The van der Waals surface area contributed by atoms with Gasteiger partial charge in [-0.25, -0.2) is 9.78 Å². The van der Waals surface area contributed by atoms with Gasteiger partial charge in [-0.15, -0.1) is 11.3 Å². The van der Waals surface area contributed by atoms with Crippen molar-refractivity contribution in [1.29, 1.82) is 0 Å². The number of rotatable bonds is 5. The third-order valence-electron chi connectivity index (χ3n) is 3.09. The molecule has 0 saturated carbocycles. The van der Waals surface area contributed by atoms with Crippen LogP contribution >= 0.6 is 11.3 Å². The van der Waals surface area contributed by atoms with Crippen LogP contribution in [-0.4, -0.2) is 43.9 Å². The van der Waals surface area contributed by atoms with Crippen molar-refractivity contribution >= 4 is 22.4 Å². The van der Waals surface area contributed by atoms with E-state index in [4.69, 9.17) is 4.74 Å². The van der Waals surface area contributed by atoms with Gasteiger partial charge < -0.3 is 14.4 Å². The molecule has 2 heterocycles. The lowest BCUT2D eigenvalue weighted by Gasteiger charge is -2.32. The van der Waals surface area contributed by atoms with E-state index in [1.54, 1.807) is 5.38 Å². The molecule has 1 aromatic rings. The molecule has 1 atom stereocenters. The molecule has 1 unspecified atom stereocenters. The number of nitrogens with zero attached hydrogens (tertiary/aromatic N) is 2. The largest absolute Gasteiger partial charge is 0.464 e. The first-order valence-electron chi connectivity index (χ1n) is 6.65. The monoisotopic (exact) mass is 284 g/mol. The van der Waals surface area contributed by atoms with Crippen molar-refractivity contribution < 1.29 is 14.3 Å². The van der Waals surface area contributed by atoms with Crippen LogP contribution in [0.2, 0.25) is 0 Å². The molecule has 6 heteroatoms. The van der Waals surface area contributed by atoms with E-state index in [-0.39, 0.29) is 12.1 Å². The van der Waals surface area contributed by atoms with Crippen LogP contribution < -0.4 is 4.90 Å². The number of carbonyl (C=O) groups is 1. The second-order valence-electron chi connectivity index (χ2n) is 4.59. The second kappa shape index (κ2) is 6.86. The van der Waals surface area contributed by atoms with E-state index in [1.165, 1.54) is 18.4 Å². The smallest absolute Gasteiger partial charge is 0.357 e. The van der Waals surface area contributed by atoms with Gasteiger partial charge in [0.2, 0.25) is 0 Å². The summed E-state index contributed by atoms with van der Waals surface area (Å²) in [6.45, 7) is 4.75. The maximum absolute atomic E-state index is 11.4. The number of thiazole rings is 1. The molecule has 106 valence electrons. The Morgan fingerprint density at radius 3 is 3.21 bits per heavy atom. The summed E-state index contributed by atoms with van der Waals surface area (Å²) < 4.78 is 10.5. The third kappa shape index (κ3) is 3.67. The molecule has 1 saturated heterocycles. The zero-order valence-electron chi connectivity index (χ0n) is 11.4. The molecule has 0 radical (unpaired) electrons. The molecule has 1 aliphatic rings. The molecule has 0 amide bonds. The Morgan fingerprint density at radius 1 is 1.63 bits per heavy atom. The van der Waals surface area contributed by atoms with Crippen LogP contribution in [0, 0.1) is 0 Å². The van der Waals surface area contributed by atoms with Crippen LogP contribution in [0.25, 0.3) is 0 Å². The Labute approximate surface area is 117 Å². The van der Waals surface area contributed by atoms with Crippen molar-refractivity contribution in [3.05, 3.63) is 11.1 Å². The summed E-state index contributed by atoms with van der Waals surface area (Å²) in [6, 6.07) is 0. The molecule has 1 fully saturated rings. The van der Waals surface area contributed by atoms with E-state index in [0.717, 1.165) is 44.1 Å². The lowest BCUT2D eigenvalue weighted by atomic mass is 10.1. The Hall–Kier alpha value is -1.14. The quantitative estimate of drug-likeness (QED) is 0.777. The number of ether oxygens (including phenoxy) is 2. The molecule has 0 aliphatic carbocycles. The molecule has 19 heavy (non-hydrogen) atoms. The summed E-state index contributed by atoms with van der Waals surface area (Å²) in [5.41, 5.74) is 0.388. The van der Waals surface area contributed by atoms with Crippen LogP contribution in [0.15, 0.2) is 5.38 Å². The standard InChI is InChI=1S/C13H20N2O3S/c1-3-7-18-10-5-4-6-15(8-10)13-14-11(9-19-13)12(16)17-2/h9-10H,3-8H2,1-2H3. The van der Waals surface area contributed by atoms with Gasteiger partial charge in [-0.2, -0.15) is 0 Å². The normalized spacial score (nSPS) is 19.5. The first-order valence-corrected chi connectivity index (χ1v) is 7.53. The Bertz CT molecular complexity index is 422. The van der Waals surface area contributed by atoms with Gasteiger partial charge in [-0.05, 0) is 19.3 Å². The Kier molecular flexibility index (Phi) is 5.15. The summed E-state index contributed by atoms with van der Waals surface area (Å²) >= 11 is 1.48. The van der Waals surface area contributed by atoms with E-state index in [0.29, 0.717) is 5.69 Å². The molecule has 1 aliphatic heterocycles. The highest BCUT2D eigenvalue weighted by molar-refractivity contribution is 7.13. The number of hydrogen-bond donors (Lipinski definition) is 0. The van der Waals surface area contributed by atoms with Crippen LogP contribution in [0.5, 0.6) is 0 Å². The number of esters is 1. The predicted octanol–water partition coefficient (Wildman–Crippen LogP) is 2.33. The number of piperidine rings is 1. The van der Waals surface area contributed by atoms with Gasteiger partial charge in [-0.3, -0.25) is 0 Å². The van der Waals surface area contributed by atoms with E-state index in [9.17, 15) is 4.79 Å². The zero-order valence-corrected chi connectivity index (χ0v) is 12.2. The van der Waals surface area contributed by atoms with Gasteiger partial charge in [0, 0.05) is 25.1 Å². The molecular formula is C13H20N2O3S. The summed E-state index contributed by atoms with van der Waals surface area (Å²) in [7, 11) is 1.37. The fourth-order valence-corrected chi connectivity index (χ4v) is 2.97. The fourth-order valence-electron chi connectivity index (χ4n) is 2.14. The molecule has 0 aromatic carbocycles. The van der Waals surface area contributed by atoms with Crippen LogP contribution in [0.4, 0.5) is 5.13 Å². The van der Waals surface area contributed by atoms with Crippen LogP contribution in [0.1, 0.15) is 36.7 Å². The maximum atomic E-state index is 11.4. The first kappa shape index (κ1) is 14.3. The summed E-state index contributed by atoms with van der Waals surface area (Å²) in [5, 5.41) is 2.63. The molecule has 2 rings (SSSR count). The van der Waals surface area contributed by atoms with E-state index >= 15 is 0 Å². The molecule has 0 spiro atoms. The third-order valence-corrected chi connectivity index (χ3v) is 3.99. The van der Waals surface area contributed by atoms with Crippen molar-refractivity contribution in [1.82, 2.24) is 4.98 Å². The second-order valence-corrected chi connectivity index (χ2v) is 5.42. The molecule has 1 aromatic heterocycles. The van der Waals surface area contributed by atoms with Crippen molar-refractivity contribution in [2.24, 2.45) is 0 Å². The SMILES string of the molecule is CCCOC1CCCN(c2nc(C(=O)OC)cs2)C1. The summed E-state index contributed by atoms with van der Waals surface area (Å²) in [4.78, 5) is 17.9. The highest BCUT2D eigenvalue weighted by Gasteiger charge is 2.23. The van der Waals surface area contributed by atoms with Crippen molar-refractivity contribution in [2.45, 2.75) is 32.3 Å². The maximum Gasteiger partial charge on any atom is 0.357 e. The van der Waals surface area contributed by atoms with Crippen molar-refractivity contribution in [3.63, 3.8) is 0 Å². The predicted molar refractivity (Wildman–Crippen MR) is 74.9 cm³/mol. The number of hydrogen-bond acceptors (Lipinski definition) is 6. The van der Waals surface area contributed by atoms with Crippen LogP contribution in [0.3, 0.4) is 0 Å². The number of anilines is 1. The number of carbonyl (C=O) groups excluding carboxylic acids is 1. The lowest BCUT2D eigenvalue weighted by molar-refractivity contribution is 0.0440.